The van der Waals surface area contributed by atoms with E-state index in [0.29, 0.717) is 6.42 Å². The number of aliphatic hydroxyl groups is 2. The van der Waals surface area contributed by atoms with E-state index in [1.54, 1.807) is 4.52 Å². The van der Waals surface area contributed by atoms with Crippen LogP contribution in [-0.4, -0.2) is 43.1 Å². The summed E-state index contributed by atoms with van der Waals surface area (Å²) in [5.74, 6) is 0.554. The summed E-state index contributed by atoms with van der Waals surface area (Å²) < 4.78 is 1.74. The monoisotopic (exact) mass is 337 g/mol. The van der Waals surface area contributed by atoms with Crippen molar-refractivity contribution in [3.8, 4) is 11.3 Å². The lowest BCUT2D eigenvalue weighted by Gasteiger charge is -2.19. The summed E-state index contributed by atoms with van der Waals surface area (Å²) in [6.07, 6.45) is -1.07. The Balaban J connectivity index is 1.73. The van der Waals surface area contributed by atoms with Crippen LogP contribution in [0.5, 0.6) is 0 Å². The van der Waals surface area contributed by atoms with E-state index in [0.717, 1.165) is 28.4 Å². The molecule has 25 heavy (non-hydrogen) atoms. The van der Waals surface area contributed by atoms with Gasteiger partial charge in [0, 0.05) is 23.4 Å². The highest BCUT2D eigenvalue weighted by Gasteiger charge is 2.39. The molecule has 6 nitrogen and oxygen atoms in total. The highest BCUT2D eigenvalue weighted by molar-refractivity contribution is 5.65. The van der Waals surface area contributed by atoms with Gasteiger partial charge in [-0.3, -0.25) is 0 Å². The predicted molar refractivity (Wildman–Crippen MR) is 96.0 cm³/mol. The first-order valence-electron chi connectivity index (χ1n) is 8.41. The minimum atomic E-state index is -0.852. The summed E-state index contributed by atoms with van der Waals surface area (Å²) >= 11 is 0. The Morgan fingerprint density at radius 2 is 1.92 bits per heavy atom. The van der Waals surface area contributed by atoms with E-state index in [-0.39, 0.29) is 12.0 Å². The van der Waals surface area contributed by atoms with Crippen LogP contribution in [0.3, 0.4) is 0 Å². The number of hydrogen-bond donors (Lipinski definition) is 3. The first-order valence-corrected chi connectivity index (χ1v) is 8.41. The van der Waals surface area contributed by atoms with Crippen molar-refractivity contribution in [1.82, 2.24) is 14.6 Å². The molecule has 0 saturated heterocycles. The van der Waals surface area contributed by atoms with Gasteiger partial charge in [0.2, 0.25) is 0 Å². The van der Waals surface area contributed by atoms with Crippen LogP contribution in [0.25, 0.3) is 16.9 Å². The molecule has 2 heterocycles. The van der Waals surface area contributed by atoms with Gasteiger partial charge in [-0.1, -0.05) is 30.3 Å². The smallest absolute Gasteiger partial charge is 0.158 e. The molecule has 2 aromatic heterocycles. The van der Waals surface area contributed by atoms with E-state index in [1.807, 2.05) is 49.4 Å². The second-order valence-electron chi connectivity index (χ2n) is 6.68. The number of nitrogens with zero attached hydrogens (tertiary/aromatic N) is 3. The Morgan fingerprint density at radius 1 is 1.16 bits per heavy atom. The van der Waals surface area contributed by atoms with Crippen LogP contribution in [0.2, 0.25) is 0 Å². The molecule has 3 N–H and O–H groups in total. The third-order valence-corrected chi connectivity index (χ3v) is 4.76. The maximum atomic E-state index is 10.2. The van der Waals surface area contributed by atoms with Crippen LogP contribution in [0.15, 0.2) is 42.5 Å². The second-order valence-corrected chi connectivity index (χ2v) is 6.68. The average Bonchev–Trinajstić information content (AvgIpc) is 3.13. The van der Waals surface area contributed by atoms with Crippen LogP contribution in [0.4, 0.5) is 5.82 Å². The van der Waals surface area contributed by atoms with Gasteiger partial charge in [-0.05, 0) is 26.2 Å². The molecule has 1 fully saturated rings. The Hall–Kier alpha value is -2.44. The molecule has 0 spiro atoms. The molecule has 1 aromatic carbocycles. The number of rotatable bonds is 3. The van der Waals surface area contributed by atoms with E-state index < -0.39 is 12.2 Å². The number of anilines is 1. The third-order valence-electron chi connectivity index (χ3n) is 4.76. The number of aromatic nitrogens is 3. The average molecular weight is 337 g/mol. The van der Waals surface area contributed by atoms with Gasteiger partial charge in [0.05, 0.1) is 17.8 Å². The van der Waals surface area contributed by atoms with Crippen LogP contribution in [-0.2, 0) is 0 Å². The molecular formula is C19H21N4O2. The molecule has 6 heteroatoms. The molecule has 3 aromatic rings. The molecule has 0 unspecified atom stereocenters. The van der Waals surface area contributed by atoms with Gasteiger partial charge >= 0.3 is 0 Å². The molecule has 4 atom stereocenters. The lowest BCUT2D eigenvalue weighted by molar-refractivity contribution is 0.0256. The lowest BCUT2D eigenvalue weighted by atomic mass is 10.1. The number of hydrogen-bond acceptors (Lipinski definition) is 5. The molecular weight excluding hydrogens is 316 g/mol. The second kappa shape index (κ2) is 6.13. The fraction of sp³-hybridized carbons (Fsp3) is 0.316. The molecule has 1 aliphatic rings. The molecule has 0 amide bonds. The van der Waals surface area contributed by atoms with Gasteiger partial charge in [-0.15, -0.1) is 0 Å². The van der Waals surface area contributed by atoms with Gasteiger partial charge in [0.25, 0.3) is 0 Å². The normalized spacial score (nSPS) is 26.2. The van der Waals surface area contributed by atoms with Crippen LogP contribution in [0, 0.1) is 19.8 Å². The van der Waals surface area contributed by atoms with Crippen molar-refractivity contribution in [1.29, 1.82) is 0 Å². The largest absolute Gasteiger partial charge is 0.390 e. The number of fused-ring (bicyclic) bond motifs is 1. The third kappa shape index (κ3) is 2.88. The standard InChI is InChI=1S/C19H21N4O2/c1-11-8-15(19(25)18(11)24)21-16-9-12(2)20-17-10-14(22-23(16)17)13-6-4-3-5-7-13/h3-7,9-11,15,18-19,21,24-25H,1,8H2,2H3/t11-,15-,18-,19+/m1/s1. The van der Waals surface area contributed by atoms with Crippen LogP contribution in [0.1, 0.15) is 12.1 Å². The predicted octanol–water partition coefficient (Wildman–Crippen LogP) is 2.06. The van der Waals surface area contributed by atoms with Gasteiger partial charge in [0.1, 0.15) is 11.9 Å². The van der Waals surface area contributed by atoms with Crippen molar-refractivity contribution >= 4 is 11.5 Å². The summed E-state index contributed by atoms with van der Waals surface area (Å²) in [6, 6.07) is 13.5. The molecule has 1 aliphatic carbocycles. The zero-order valence-electron chi connectivity index (χ0n) is 14.0. The minimum absolute atomic E-state index is 0.191. The Morgan fingerprint density at radius 3 is 2.60 bits per heavy atom. The Labute approximate surface area is 146 Å². The number of aryl methyl sites for hydroxylation is 1. The zero-order chi connectivity index (χ0) is 17.6. The van der Waals surface area contributed by atoms with E-state index in [1.165, 1.54) is 0 Å². The van der Waals surface area contributed by atoms with Gasteiger partial charge in [0.15, 0.2) is 5.65 Å². The van der Waals surface area contributed by atoms with Gasteiger partial charge in [-0.25, -0.2) is 4.98 Å². The summed E-state index contributed by atoms with van der Waals surface area (Å²) in [4.78, 5) is 4.54. The van der Waals surface area contributed by atoms with Gasteiger partial charge in [-0.2, -0.15) is 9.61 Å². The first kappa shape index (κ1) is 16.1. The first-order chi connectivity index (χ1) is 12.0. The van der Waals surface area contributed by atoms with Gasteiger partial charge < -0.3 is 15.5 Å². The highest BCUT2D eigenvalue weighted by Crippen LogP contribution is 2.29. The highest BCUT2D eigenvalue weighted by atomic mass is 16.3. The van der Waals surface area contributed by atoms with Crippen molar-refractivity contribution in [3.05, 3.63) is 55.1 Å². The number of benzene rings is 1. The van der Waals surface area contributed by atoms with E-state index >= 15 is 0 Å². The van der Waals surface area contributed by atoms with Crippen molar-refractivity contribution in [2.75, 3.05) is 5.32 Å². The van der Waals surface area contributed by atoms with E-state index in [9.17, 15) is 10.2 Å². The Bertz CT molecular complexity index is 893. The minimum Gasteiger partial charge on any atom is -0.390 e. The summed E-state index contributed by atoms with van der Waals surface area (Å²) in [5.41, 5.74) is 3.45. The van der Waals surface area contributed by atoms with Crippen molar-refractivity contribution in [3.63, 3.8) is 0 Å². The maximum Gasteiger partial charge on any atom is 0.158 e. The fourth-order valence-electron chi connectivity index (χ4n) is 3.41. The number of nitrogens with one attached hydrogen (secondary N) is 1. The Kier molecular flexibility index (Phi) is 3.94. The topological polar surface area (TPSA) is 82.7 Å². The SMILES string of the molecule is [CH2][C@@H]1C[C@@H](Nc2cc(C)nc3cc(-c4ccccc4)nn23)[C@H](O)[C@@H]1O. The number of aliphatic hydroxyl groups excluding tert-OH is 2. The van der Waals surface area contributed by atoms with E-state index in [2.05, 4.69) is 22.3 Å². The summed E-state index contributed by atoms with van der Waals surface area (Å²) in [6.45, 7) is 5.82. The zero-order valence-corrected chi connectivity index (χ0v) is 14.0. The summed E-state index contributed by atoms with van der Waals surface area (Å²) in [5, 5.41) is 28.1. The van der Waals surface area contributed by atoms with E-state index in [4.69, 9.17) is 0 Å². The van der Waals surface area contributed by atoms with Crippen molar-refractivity contribution < 1.29 is 10.2 Å². The molecule has 0 aliphatic heterocycles. The van der Waals surface area contributed by atoms with Crippen LogP contribution >= 0.6 is 0 Å². The lowest BCUT2D eigenvalue weighted by Crippen LogP contribution is -2.35. The molecule has 1 saturated carbocycles. The van der Waals surface area contributed by atoms with Crippen molar-refractivity contribution in [2.45, 2.75) is 31.6 Å². The molecule has 1 radical (unpaired) electrons. The molecule has 129 valence electrons. The van der Waals surface area contributed by atoms with Crippen molar-refractivity contribution in [2.24, 2.45) is 5.92 Å². The van der Waals surface area contributed by atoms with Crippen LogP contribution < -0.4 is 5.32 Å². The fourth-order valence-corrected chi connectivity index (χ4v) is 3.41. The molecule has 0 bridgehead atoms. The quantitative estimate of drug-likeness (QED) is 0.681. The molecule has 4 rings (SSSR count). The summed E-state index contributed by atoms with van der Waals surface area (Å²) in [7, 11) is 0. The maximum absolute atomic E-state index is 10.2.